The van der Waals surface area contributed by atoms with Crippen molar-refractivity contribution in [1.82, 2.24) is 14.9 Å². The second kappa shape index (κ2) is 7.31. The summed E-state index contributed by atoms with van der Waals surface area (Å²) in [5.74, 6) is 1.51. The first kappa shape index (κ1) is 18.0. The quantitative estimate of drug-likeness (QED) is 0.799. The van der Waals surface area contributed by atoms with Gasteiger partial charge >= 0.3 is 0 Å². The van der Waals surface area contributed by atoms with Crippen LogP contribution < -0.4 is 9.64 Å². The van der Waals surface area contributed by atoms with Crippen LogP contribution in [0.3, 0.4) is 0 Å². The Bertz CT molecular complexity index is 861. The average molecular weight is 391 g/mol. The number of ether oxygens (including phenoxy) is 1. The fourth-order valence-electron chi connectivity index (χ4n) is 3.28. The Kier molecular flexibility index (Phi) is 4.86. The highest BCUT2D eigenvalue weighted by Gasteiger charge is 2.37. The zero-order valence-corrected chi connectivity index (χ0v) is 15.7. The second-order valence-corrected chi connectivity index (χ2v) is 7.40. The highest BCUT2D eigenvalue weighted by atomic mass is 35.5. The van der Waals surface area contributed by atoms with Crippen LogP contribution in [0, 0.1) is 11.7 Å². The minimum atomic E-state index is -0.500. The Hall–Kier alpha value is -2.41. The Morgan fingerprint density at radius 2 is 2.07 bits per heavy atom. The molecule has 2 aromatic rings. The van der Waals surface area contributed by atoms with E-state index in [1.54, 1.807) is 6.07 Å². The number of halogens is 2. The van der Waals surface area contributed by atoms with Gasteiger partial charge in [-0.2, -0.15) is 0 Å². The third-order valence-electron chi connectivity index (χ3n) is 4.90. The summed E-state index contributed by atoms with van der Waals surface area (Å²) in [4.78, 5) is 24.9. The lowest BCUT2D eigenvalue weighted by molar-refractivity contribution is -0.134. The SMILES string of the molecule is C[C@H]1CN(c2cc(Oc3ccc(F)c(Cl)c3)ncn2)CCN1C(=O)C1CC1. The van der Waals surface area contributed by atoms with E-state index in [1.807, 2.05) is 4.90 Å². The first-order chi connectivity index (χ1) is 13.0. The summed E-state index contributed by atoms with van der Waals surface area (Å²) in [6, 6.07) is 6.01. The van der Waals surface area contributed by atoms with Gasteiger partial charge in [0.15, 0.2) is 0 Å². The predicted molar refractivity (Wildman–Crippen MR) is 99.6 cm³/mol. The lowest BCUT2D eigenvalue weighted by Gasteiger charge is -2.40. The first-order valence-corrected chi connectivity index (χ1v) is 9.39. The Balaban J connectivity index is 1.44. The number of benzene rings is 1. The van der Waals surface area contributed by atoms with Gasteiger partial charge in [0.25, 0.3) is 0 Å². The van der Waals surface area contributed by atoms with Crippen molar-refractivity contribution in [1.29, 1.82) is 0 Å². The van der Waals surface area contributed by atoms with Crippen LogP contribution in [0.2, 0.25) is 5.02 Å². The molecule has 1 aromatic carbocycles. The summed E-state index contributed by atoms with van der Waals surface area (Å²) < 4.78 is 19.0. The van der Waals surface area contributed by atoms with Gasteiger partial charge in [-0.25, -0.2) is 14.4 Å². The normalized spacial score (nSPS) is 19.9. The zero-order chi connectivity index (χ0) is 19.0. The highest BCUT2D eigenvalue weighted by Crippen LogP contribution is 2.33. The third kappa shape index (κ3) is 3.98. The molecule has 1 aliphatic heterocycles. The highest BCUT2D eigenvalue weighted by molar-refractivity contribution is 6.30. The number of carbonyl (C=O) groups excluding carboxylic acids is 1. The zero-order valence-electron chi connectivity index (χ0n) is 14.9. The fourth-order valence-corrected chi connectivity index (χ4v) is 3.45. The molecule has 142 valence electrons. The van der Waals surface area contributed by atoms with Gasteiger partial charge in [0.05, 0.1) is 5.02 Å². The number of rotatable bonds is 4. The molecule has 4 rings (SSSR count). The molecule has 0 radical (unpaired) electrons. The second-order valence-electron chi connectivity index (χ2n) is 6.99. The molecule has 2 fully saturated rings. The topological polar surface area (TPSA) is 58.6 Å². The van der Waals surface area contributed by atoms with Gasteiger partial charge in [-0.15, -0.1) is 0 Å². The van der Waals surface area contributed by atoms with Crippen molar-refractivity contribution in [2.24, 2.45) is 5.92 Å². The maximum absolute atomic E-state index is 13.3. The number of amides is 1. The smallest absolute Gasteiger partial charge is 0.226 e. The third-order valence-corrected chi connectivity index (χ3v) is 5.19. The molecule has 8 heteroatoms. The standard InChI is InChI=1S/C19H20ClFN4O2/c1-12-10-24(6-7-25(12)19(26)13-2-3-13)17-9-18(23-11-22-17)27-14-4-5-16(21)15(20)8-14/h4-5,8-9,11-13H,2-3,6-7,10H2,1H3/t12-/m0/s1. The van der Waals surface area contributed by atoms with E-state index in [0.717, 1.165) is 18.7 Å². The lowest BCUT2D eigenvalue weighted by atomic mass is 10.1. The molecule has 1 amide bonds. The monoisotopic (exact) mass is 390 g/mol. The molecular formula is C19H20ClFN4O2. The Morgan fingerprint density at radius 3 is 2.78 bits per heavy atom. The predicted octanol–water partition coefficient (Wildman–Crippen LogP) is 3.51. The van der Waals surface area contributed by atoms with Gasteiger partial charge < -0.3 is 14.5 Å². The molecule has 1 aliphatic carbocycles. The van der Waals surface area contributed by atoms with Crippen LogP contribution in [0.1, 0.15) is 19.8 Å². The van der Waals surface area contributed by atoms with Gasteiger partial charge in [0, 0.05) is 43.7 Å². The van der Waals surface area contributed by atoms with E-state index in [0.29, 0.717) is 31.3 Å². The van der Waals surface area contributed by atoms with Crippen LogP contribution in [-0.4, -0.2) is 46.5 Å². The maximum atomic E-state index is 13.3. The van der Waals surface area contributed by atoms with Crippen molar-refractivity contribution in [2.45, 2.75) is 25.8 Å². The maximum Gasteiger partial charge on any atom is 0.226 e. The van der Waals surface area contributed by atoms with Crippen molar-refractivity contribution >= 4 is 23.3 Å². The van der Waals surface area contributed by atoms with Crippen molar-refractivity contribution in [2.75, 3.05) is 24.5 Å². The summed E-state index contributed by atoms with van der Waals surface area (Å²) in [5, 5.41) is -0.00736. The molecule has 0 spiro atoms. The minimum Gasteiger partial charge on any atom is -0.439 e. The van der Waals surface area contributed by atoms with Crippen molar-refractivity contribution in [3.8, 4) is 11.6 Å². The molecule has 2 heterocycles. The van der Waals surface area contributed by atoms with Crippen molar-refractivity contribution in [3.63, 3.8) is 0 Å². The number of nitrogens with zero attached hydrogens (tertiary/aromatic N) is 4. The Morgan fingerprint density at radius 1 is 1.26 bits per heavy atom. The van der Waals surface area contributed by atoms with E-state index in [2.05, 4.69) is 21.8 Å². The van der Waals surface area contributed by atoms with Crippen LogP contribution in [-0.2, 0) is 4.79 Å². The summed E-state index contributed by atoms with van der Waals surface area (Å²) in [5.41, 5.74) is 0. The largest absolute Gasteiger partial charge is 0.439 e. The number of hydrogen-bond donors (Lipinski definition) is 0. The molecule has 1 saturated carbocycles. The van der Waals surface area contributed by atoms with Gasteiger partial charge in [-0.1, -0.05) is 11.6 Å². The van der Waals surface area contributed by atoms with Gasteiger partial charge in [-0.3, -0.25) is 4.79 Å². The van der Waals surface area contributed by atoms with Gasteiger partial charge in [0.2, 0.25) is 11.8 Å². The van der Waals surface area contributed by atoms with Crippen LogP contribution in [0.15, 0.2) is 30.6 Å². The van der Waals surface area contributed by atoms with E-state index in [4.69, 9.17) is 16.3 Å². The van der Waals surface area contributed by atoms with E-state index >= 15 is 0 Å². The Labute approximate surface area is 161 Å². The molecule has 27 heavy (non-hydrogen) atoms. The van der Waals surface area contributed by atoms with Crippen LogP contribution in [0.25, 0.3) is 0 Å². The molecule has 0 bridgehead atoms. The summed E-state index contributed by atoms with van der Waals surface area (Å²) in [6.07, 6.45) is 3.47. The molecule has 6 nitrogen and oxygen atoms in total. The van der Waals surface area contributed by atoms with Crippen LogP contribution in [0.4, 0.5) is 10.2 Å². The first-order valence-electron chi connectivity index (χ1n) is 9.01. The molecule has 0 N–H and O–H groups in total. The fraction of sp³-hybridized carbons (Fsp3) is 0.421. The number of piperazine rings is 1. The van der Waals surface area contributed by atoms with Crippen molar-refractivity contribution < 1.29 is 13.9 Å². The number of hydrogen-bond acceptors (Lipinski definition) is 5. The molecule has 1 saturated heterocycles. The molecular weight excluding hydrogens is 371 g/mol. The van der Waals surface area contributed by atoms with Crippen LogP contribution in [0.5, 0.6) is 11.6 Å². The number of anilines is 1. The summed E-state index contributed by atoms with van der Waals surface area (Å²) in [7, 11) is 0. The molecule has 1 atom stereocenters. The minimum absolute atomic E-state index is 0.00736. The summed E-state index contributed by atoms with van der Waals surface area (Å²) in [6.45, 7) is 4.16. The summed E-state index contributed by atoms with van der Waals surface area (Å²) >= 11 is 5.79. The molecule has 0 unspecified atom stereocenters. The molecule has 1 aromatic heterocycles. The van der Waals surface area contributed by atoms with Crippen molar-refractivity contribution in [3.05, 3.63) is 41.4 Å². The van der Waals surface area contributed by atoms with E-state index < -0.39 is 5.82 Å². The average Bonchev–Trinajstić information content (AvgIpc) is 3.50. The van der Waals surface area contributed by atoms with Crippen LogP contribution >= 0.6 is 11.6 Å². The van der Waals surface area contributed by atoms with Gasteiger partial charge in [-0.05, 0) is 31.9 Å². The number of aromatic nitrogens is 2. The molecule has 2 aliphatic rings. The van der Waals surface area contributed by atoms with E-state index in [-0.39, 0.29) is 22.9 Å². The number of carbonyl (C=O) groups is 1. The van der Waals surface area contributed by atoms with Gasteiger partial charge in [0.1, 0.15) is 23.7 Å². The lowest BCUT2D eigenvalue weighted by Crippen LogP contribution is -2.54. The van der Waals surface area contributed by atoms with E-state index in [1.165, 1.54) is 24.5 Å². The van der Waals surface area contributed by atoms with E-state index in [9.17, 15) is 9.18 Å².